The van der Waals surface area contributed by atoms with Gasteiger partial charge < -0.3 is 14.6 Å². The quantitative estimate of drug-likeness (QED) is 0.750. The van der Waals surface area contributed by atoms with Crippen LogP contribution in [0.4, 0.5) is 0 Å². The third-order valence-electron chi connectivity index (χ3n) is 3.65. The van der Waals surface area contributed by atoms with E-state index in [-0.39, 0.29) is 5.75 Å². The average Bonchev–Trinajstić information content (AvgIpc) is 3.22. The molecule has 1 unspecified atom stereocenters. The lowest BCUT2D eigenvalue weighted by Gasteiger charge is -2.13. The Morgan fingerprint density at radius 1 is 1.52 bits per heavy atom. The Bertz CT molecular complexity index is 538. The highest BCUT2D eigenvalue weighted by molar-refractivity contribution is 7.78. The van der Waals surface area contributed by atoms with Crippen molar-refractivity contribution in [3.05, 3.63) is 41.1 Å². The van der Waals surface area contributed by atoms with E-state index in [4.69, 9.17) is 4.74 Å². The van der Waals surface area contributed by atoms with Crippen LogP contribution in [0.5, 0.6) is 5.75 Å². The molecule has 4 nitrogen and oxygen atoms in total. The van der Waals surface area contributed by atoms with Crippen molar-refractivity contribution in [1.82, 2.24) is 5.32 Å². The summed E-state index contributed by atoms with van der Waals surface area (Å²) in [7, 11) is 3.47. The lowest BCUT2D eigenvalue weighted by Crippen LogP contribution is -2.02. The Kier molecular flexibility index (Phi) is 5.82. The fraction of sp³-hybridized carbons (Fsp3) is 0.500. The van der Waals surface area contributed by atoms with E-state index in [1.807, 2.05) is 25.2 Å². The predicted molar refractivity (Wildman–Crippen MR) is 83.8 cm³/mol. The zero-order valence-corrected chi connectivity index (χ0v) is 13.4. The van der Waals surface area contributed by atoms with Crippen molar-refractivity contribution in [2.75, 3.05) is 14.2 Å². The number of ether oxygens (including phenoxy) is 1. The lowest BCUT2D eigenvalue weighted by molar-refractivity contribution is 0.410. The van der Waals surface area contributed by atoms with Crippen LogP contribution in [-0.4, -0.2) is 22.9 Å². The van der Waals surface area contributed by atoms with Crippen LogP contribution in [0.25, 0.3) is 0 Å². The first-order valence-electron chi connectivity index (χ1n) is 7.19. The van der Waals surface area contributed by atoms with Gasteiger partial charge in [0.2, 0.25) is 0 Å². The molecule has 0 aliphatic heterocycles. The van der Waals surface area contributed by atoms with Gasteiger partial charge in [-0.3, -0.25) is 4.21 Å². The SMILES string of the molecule is CNC=C(Cc1ccc(OC)c(CS(=O)[O-])c1)CC1CC1. The van der Waals surface area contributed by atoms with Gasteiger partial charge in [0.05, 0.1) is 7.11 Å². The lowest BCUT2D eigenvalue weighted by atomic mass is 9.99. The number of hydrogen-bond acceptors (Lipinski definition) is 4. The molecule has 116 valence electrons. The van der Waals surface area contributed by atoms with Gasteiger partial charge in [0.25, 0.3) is 0 Å². The molecular formula is C16H22NO3S-. The Balaban J connectivity index is 2.14. The molecule has 0 radical (unpaired) electrons. The molecule has 0 saturated heterocycles. The number of benzene rings is 1. The van der Waals surface area contributed by atoms with E-state index in [2.05, 4.69) is 11.5 Å². The number of nitrogens with one attached hydrogen (secondary N) is 1. The number of methoxy groups -OCH3 is 1. The van der Waals surface area contributed by atoms with Gasteiger partial charge in [0, 0.05) is 18.4 Å². The summed E-state index contributed by atoms with van der Waals surface area (Å²) in [5.74, 6) is 1.45. The van der Waals surface area contributed by atoms with Gasteiger partial charge >= 0.3 is 0 Å². The van der Waals surface area contributed by atoms with E-state index in [0.29, 0.717) is 5.75 Å². The van der Waals surface area contributed by atoms with Gasteiger partial charge in [0.15, 0.2) is 0 Å². The van der Waals surface area contributed by atoms with Crippen molar-refractivity contribution in [3.8, 4) is 5.75 Å². The van der Waals surface area contributed by atoms with Crippen molar-refractivity contribution < 1.29 is 13.5 Å². The summed E-state index contributed by atoms with van der Waals surface area (Å²) >= 11 is -2.11. The van der Waals surface area contributed by atoms with Crippen molar-refractivity contribution in [2.24, 2.45) is 5.92 Å². The average molecular weight is 308 g/mol. The molecule has 5 heteroatoms. The maximum atomic E-state index is 10.9. The molecule has 1 aliphatic rings. The van der Waals surface area contributed by atoms with E-state index >= 15 is 0 Å². The molecule has 21 heavy (non-hydrogen) atoms. The number of hydrogen-bond donors (Lipinski definition) is 1. The second-order valence-corrected chi connectivity index (χ2v) is 6.41. The Morgan fingerprint density at radius 2 is 2.29 bits per heavy atom. The zero-order valence-electron chi connectivity index (χ0n) is 12.6. The molecule has 0 aromatic heterocycles. The first-order valence-corrected chi connectivity index (χ1v) is 8.43. The van der Waals surface area contributed by atoms with Gasteiger partial charge in [-0.15, -0.1) is 0 Å². The minimum atomic E-state index is -2.11. The molecule has 1 aliphatic carbocycles. The van der Waals surface area contributed by atoms with Crippen LogP contribution in [0, 0.1) is 5.92 Å². The summed E-state index contributed by atoms with van der Waals surface area (Å²) < 4.78 is 27.1. The zero-order chi connectivity index (χ0) is 15.2. The highest BCUT2D eigenvalue weighted by atomic mass is 32.2. The molecule has 1 atom stereocenters. The van der Waals surface area contributed by atoms with Gasteiger partial charge in [-0.05, 0) is 55.0 Å². The van der Waals surface area contributed by atoms with E-state index in [1.54, 1.807) is 7.11 Å². The van der Waals surface area contributed by atoms with Crippen molar-refractivity contribution >= 4 is 11.1 Å². The molecule has 0 bridgehead atoms. The second kappa shape index (κ2) is 7.61. The normalized spacial score (nSPS) is 16.6. The molecule has 1 fully saturated rings. The smallest absolute Gasteiger partial charge is 0.122 e. The van der Waals surface area contributed by atoms with Crippen LogP contribution in [0.1, 0.15) is 30.4 Å². The summed E-state index contributed by atoms with van der Waals surface area (Å²) in [6.45, 7) is 0. The van der Waals surface area contributed by atoms with E-state index in [1.165, 1.54) is 18.4 Å². The van der Waals surface area contributed by atoms with E-state index < -0.39 is 11.1 Å². The third kappa shape index (κ3) is 5.17. The largest absolute Gasteiger partial charge is 0.772 e. The van der Waals surface area contributed by atoms with Crippen molar-refractivity contribution in [2.45, 2.75) is 31.4 Å². The molecule has 0 amide bonds. The third-order valence-corrected chi connectivity index (χ3v) is 4.19. The maximum absolute atomic E-state index is 10.9. The molecule has 1 aromatic rings. The minimum Gasteiger partial charge on any atom is -0.772 e. The number of rotatable bonds is 8. The summed E-state index contributed by atoms with van der Waals surface area (Å²) in [4.78, 5) is 0. The maximum Gasteiger partial charge on any atom is 0.122 e. The molecule has 1 aromatic carbocycles. The predicted octanol–water partition coefficient (Wildman–Crippen LogP) is 2.52. The summed E-state index contributed by atoms with van der Waals surface area (Å²) in [6.07, 6.45) is 6.68. The Hall–Kier alpha value is -1.33. The molecular weight excluding hydrogens is 286 g/mol. The second-order valence-electron chi connectivity index (χ2n) is 5.51. The van der Waals surface area contributed by atoms with Crippen molar-refractivity contribution in [1.29, 1.82) is 0 Å². The molecule has 2 rings (SSSR count). The Labute approximate surface area is 128 Å². The standard InChI is InChI=1S/C16H23NO3S/c1-17-10-14(7-12-3-4-12)8-13-5-6-16(20-2)15(9-13)11-21(18)19/h5-6,9-10,12,17H,3-4,7-8,11H2,1-2H3,(H,18,19)/p-1. The van der Waals surface area contributed by atoms with E-state index in [9.17, 15) is 8.76 Å². The van der Waals surface area contributed by atoms with Crippen LogP contribution in [0.3, 0.4) is 0 Å². The van der Waals surface area contributed by atoms with Crippen LogP contribution in [0.2, 0.25) is 0 Å². The molecule has 1 N–H and O–H groups in total. The molecule has 0 spiro atoms. The Morgan fingerprint density at radius 3 is 2.86 bits per heavy atom. The monoisotopic (exact) mass is 308 g/mol. The first kappa shape index (κ1) is 16.0. The van der Waals surface area contributed by atoms with Crippen LogP contribution in [0.15, 0.2) is 30.0 Å². The topological polar surface area (TPSA) is 61.4 Å². The van der Waals surface area contributed by atoms with Gasteiger partial charge in [0.1, 0.15) is 5.75 Å². The van der Waals surface area contributed by atoms with E-state index in [0.717, 1.165) is 29.9 Å². The minimum absolute atomic E-state index is 0.00921. The van der Waals surface area contributed by atoms with Crippen LogP contribution < -0.4 is 10.1 Å². The first-order chi connectivity index (χ1) is 10.1. The summed E-state index contributed by atoms with van der Waals surface area (Å²) in [6, 6.07) is 5.79. The van der Waals surface area contributed by atoms with Crippen LogP contribution >= 0.6 is 0 Å². The van der Waals surface area contributed by atoms with Gasteiger partial charge in [-0.2, -0.15) is 0 Å². The fourth-order valence-corrected chi connectivity index (χ4v) is 3.00. The summed E-state index contributed by atoms with van der Waals surface area (Å²) in [5, 5.41) is 3.11. The fourth-order valence-electron chi connectivity index (χ4n) is 2.52. The summed E-state index contributed by atoms with van der Waals surface area (Å²) in [5.41, 5.74) is 3.20. The number of allylic oxidation sites excluding steroid dienone is 1. The van der Waals surface area contributed by atoms with Gasteiger partial charge in [-0.1, -0.05) is 23.2 Å². The molecule has 1 saturated carbocycles. The highest BCUT2D eigenvalue weighted by Gasteiger charge is 2.22. The molecule has 0 heterocycles. The highest BCUT2D eigenvalue weighted by Crippen LogP contribution is 2.36. The van der Waals surface area contributed by atoms with Crippen molar-refractivity contribution in [3.63, 3.8) is 0 Å². The van der Waals surface area contributed by atoms with Crippen LogP contribution in [-0.2, 0) is 23.3 Å². The van der Waals surface area contributed by atoms with Gasteiger partial charge in [-0.25, -0.2) is 0 Å².